The fraction of sp³-hybridized carbons (Fsp3) is 0.714. The highest BCUT2D eigenvalue weighted by Crippen LogP contribution is 2.22. The molecule has 1 atom stereocenters. The number of carbonyl (C=O) groups excluding carboxylic acids is 2. The Labute approximate surface area is 109 Å². The normalized spacial score (nSPS) is 20.4. The molecular weight excluding hydrogens is 230 g/mol. The van der Waals surface area contributed by atoms with Gasteiger partial charge in [-0.3, -0.25) is 4.79 Å². The van der Waals surface area contributed by atoms with Crippen molar-refractivity contribution in [2.75, 3.05) is 13.1 Å². The van der Waals surface area contributed by atoms with Crippen molar-refractivity contribution in [3.05, 3.63) is 12.2 Å². The highest BCUT2D eigenvalue weighted by atomic mass is 16.6. The zero-order valence-electron chi connectivity index (χ0n) is 11.7. The first kappa shape index (κ1) is 14.7. The van der Waals surface area contributed by atoms with Crippen molar-refractivity contribution in [1.82, 2.24) is 4.90 Å². The summed E-state index contributed by atoms with van der Waals surface area (Å²) in [6.07, 6.45) is 4.47. The number of carbonyl (C=O) groups is 2. The van der Waals surface area contributed by atoms with Crippen LogP contribution in [0.15, 0.2) is 12.2 Å². The minimum absolute atomic E-state index is 0.133. The Hall–Kier alpha value is -1.32. The van der Waals surface area contributed by atoms with Gasteiger partial charge in [-0.25, -0.2) is 4.79 Å². The van der Waals surface area contributed by atoms with Crippen LogP contribution in [0.3, 0.4) is 0 Å². The number of ether oxygens (including phenoxy) is 1. The molecule has 1 heterocycles. The maximum Gasteiger partial charge on any atom is 0.410 e. The lowest BCUT2D eigenvalue weighted by atomic mass is 10.0. The average molecular weight is 253 g/mol. The predicted molar refractivity (Wildman–Crippen MR) is 70.4 cm³/mol. The van der Waals surface area contributed by atoms with Crippen molar-refractivity contribution in [3.63, 3.8) is 0 Å². The molecule has 1 amide bonds. The van der Waals surface area contributed by atoms with E-state index in [9.17, 15) is 9.59 Å². The SMILES string of the molecule is C/C=C/C(=O)CC1CCN(C(=O)OC(C)(C)C)C1. The minimum atomic E-state index is -0.462. The summed E-state index contributed by atoms with van der Waals surface area (Å²) >= 11 is 0. The molecule has 1 unspecified atom stereocenters. The van der Waals surface area contributed by atoms with Gasteiger partial charge in [-0.05, 0) is 46.1 Å². The lowest BCUT2D eigenvalue weighted by molar-refractivity contribution is -0.115. The maximum absolute atomic E-state index is 11.8. The van der Waals surface area contributed by atoms with Gasteiger partial charge in [-0.2, -0.15) is 0 Å². The molecule has 0 aromatic rings. The first-order chi connectivity index (χ1) is 8.31. The molecule has 0 aromatic heterocycles. The molecule has 1 saturated heterocycles. The van der Waals surface area contributed by atoms with E-state index in [-0.39, 0.29) is 17.8 Å². The molecule has 0 bridgehead atoms. The number of ketones is 1. The summed E-state index contributed by atoms with van der Waals surface area (Å²) in [4.78, 5) is 25.0. The van der Waals surface area contributed by atoms with Crippen LogP contribution < -0.4 is 0 Å². The summed E-state index contributed by atoms with van der Waals surface area (Å²) in [7, 11) is 0. The van der Waals surface area contributed by atoms with E-state index in [1.807, 2.05) is 27.7 Å². The minimum Gasteiger partial charge on any atom is -0.444 e. The van der Waals surface area contributed by atoms with Gasteiger partial charge in [0.15, 0.2) is 5.78 Å². The van der Waals surface area contributed by atoms with Crippen LogP contribution in [-0.2, 0) is 9.53 Å². The quantitative estimate of drug-likeness (QED) is 0.727. The molecule has 4 heteroatoms. The number of hydrogen-bond acceptors (Lipinski definition) is 3. The van der Waals surface area contributed by atoms with Crippen LogP contribution in [0.5, 0.6) is 0 Å². The number of allylic oxidation sites excluding steroid dienone is 2. The third-order valence-electron chi connectivity index (χ3n) is 2.78. The molecule has 0 radical (unpaired) electrons. The van der Waals surface area contributed by atoms with E-state index in [2.05, 4.69) is 0 Å². The van der Waals surface area contributed by atoms with Crippen molar-refractivity contribution in [2.45, 2.75) is 46.1 Å². The van der Waals surface area contributed by atoms with E-state index in [0.717, 1.165) is 6.42 Å². The first-order valence-electron chi connectivity index (χ1n) is 6.45. The Morgan fingerprint density at radius 1 is 1.39 bits per heavy atom. The zero-order valence-corrected chi connectivity index (χ0v) is 11.7. The van der Waals surface area contributed by atoms with Gasteiger partial charge in [0.05, 0.1) is 0 Å². The Balaban J connectivity index is 2.41. The fourth-order valence-corrected chi connectivity index (χ4v) is 2.03. The molecule has 0 saturated carbocycles. The summed E-state index contributed by atoms with van der Waals surface area (Å²) < 4.78 is 5.31. The molecule has 1 aliphatic rings. The highest BCUT2D eigenvalue weighted by Gasteiger charge is 2.30. The van der Waals surface area contributed by atoms with Gasteiger partial charge in [0.2, 0.25) is 0 Å². The molecular formula is C14H23NO3. The number of hydrogen-bond donors (Lipinski definition) is 0. The molecule has 0 aromatic carbocycles. The van der Waals surface area contributed by atoms with Gasteiger partial charge in [0.1, 0.15) is 5.60 Å². The second kappa shape index (κ2) is 6.03. The van der Waals surface area contributed by atoms with Crippen molar-refractivity contribution in [3.8, 4) is 0 Å². The molecule has 1 rings (SSSR count). The van der Waals surface area contributed by atoms with Crippen molar-refractivity contribution in [1.29, 1.82) is 0 Å². The summed E-state index contributed by atoms with van der Waals surface area (Å²) in [5.41, 5.74) is -0.462. The van der Waals surface area contributed by atoms with Crippen molar-refractivity contribution in [2.24, 2.45) is 5.92 Å². The summed E-state index contributed by atoms with van der Waals surface area (Å²) in [5, 5.41) is 0. The largest absolute Gasteiger partial charge is 0.444 e. The molecule has 102 valence electrons. The van der Waals surface area contributed by atoms with Crippen LogP contribution in [0.25, 0.3) is 0 Å². The monoisotopic (exact) mass is 253 g/mol. The average Bonchev–Trinajstić information content (AvgIpc) is 2.63. The Morgan fingerprint density at radius 3 is 2.61 bits per heavy atom. The lowest BCUT2D eigenvalue weighted by Crippen LogP contribution is -2.35. The van der Waals surface area contributed by atoms with Crippen LogP contribution in [0.1, 0.15) is 40.5 Å². The van der Waals surface area contributed by atoms with E-state index in [1.165, 1.54) is 0 Å². The topological polar surface area (TPSA) is 46.6 Å². The van der Waals surface area contributed by atoms with E-state index < -0.39 is 5.60 Å². The Bertz CT molecular complexity index is 341. The van der Waals surface area contributed by atoms with E-state index in [0.29, 0.717) is 19.5 Å². The molecule has 18 heavy (non-hydrogen) atoms. The number of likely N-dealkylation sites (tertiary alicyclic amines) is 1. The number of nitrogens with zero attached hydrogens (tertiary/aromatic N) is 1. The highest BCUT2D eigenvalue weighted by molar-refractivity contribution is 5.89. The van der Waals surface area contributed by atoms with Gasteiger partial charge >= 0.3 is 6.09 Å². The summed E-state index contributed by atoms with van der Waals surface area (Å²) in [5.74, 6) is 0.398. The fourth-order valence-electron chi connectivity index (χ4n) is 2.03. The maximum atomic E-state index is 11.8. The standard InChI is InChI=1S/C14H23NO3/c1-5-6-12(16)9-11-7-8-15(10-11)13(17)18-14(2,3)4/h5-6,11H,7-10H2,1-4H3/b6-5+. The van der Waals surface area contributed by atoms with Crippen LogP contribution >= 0.6 is 0 Å². The van der Waals surface area contributed by atoms with Gasteiger partial charge in [0, 0.05) is 19.5 Å². The first-order valence-corrected chi connectivity index (χ1v) is 6.45. The zero-order chi connectivity index (χ0) is 13.8. The van der Waals surface area contributed by atoms with Gasteiger partial charge in [-0.15, -0.1) is 0 Å². The molecule has 0 aliphatic carbocycles. The second-order valence-electron chi connectivity index (χ2n) is 5.75. The van der Waals surface area contributed by atoms with E-state index in [1.54, 1.807) is 17.1 Å². The molecule has 4 nitrogen and oxygen atoms in total. The van der Waals surface area contributed by atoms with Crippen LogP contribution in [-0.4, -0.2) is 35.5 Å². The summed E-state index contributed by atoms with van der Waals surface area (Å²) in [6.45, 7) is 8.70. The molecule has 1 aliphatic heterocycles. The van der Waals surface area contributed by atoms with Crippen LogP contribution in [0.2, 0.25) is 0 Å². The van der Waals surface area contributed by atoms with Crippen LogP contribution in [0.4, 0.5) is 4.79 Å². The molecule has 0 spiro atoms. The Kier molecular flexibility index (Phi) is 4.93. The van der Waals surface area contributed by atoms with Gasteiger partial charge in [0.25, 0.3) is 0 Å². The van der Waals surface area contributed by atoms with E-state index in [4.69, 9.17) is 4.74 Å². The van der Waals surface area contributed by atoms with Crippen molar-refractivity contribution < 1.29 is 14.3 Å². The lowest BCUT2D eigenvalue weighted by Gasteiger charge is -2.24. The summed E-state index contributed by atoms with van der Waals surface area (Å²) in [6, 6.07) is 0. The molecule has 1 fully saturated rings. The Morgan fingerprint density at radius 2 is 2.06 bits per heavy atom. The number of rotatable bonds is 3. The third kappa shape index (κ3) is 4.90. The molecule has 0 N–H and O–H groups in total. The van der Waals surface area contributed by atoms with Gasteiger partial charge in [-0.1, -0.05) is 6.08 Å². The van der Waals surface area contributed by atoms with Crippen LogP contribution in [0, 0.1) is 5.92 Å². The second-order valence-corrected chi connectivity index (χ2v) is 5.75. The third-order valence-corrected chi connectivity index (χ3v) is 2.78. The van der Waals surface area contributed by atoms with Gasteiger partial charge < -0.3 is 9.64 Å². The van der Waals surface area contributed by atoms with E-state index >= 15 is 0 Å². The number of amides is 1. The van der Waals surface area contributed by atoms with Crippen molar-refractivity contribution >= 4 is 11.9 Å². The smallest absolute Gasteiger partial charge is 0.410 e. The predicted octanol–water partition coefficient (Wildman–Crippen LogP) is 2.78.